The van der Waals surface area contributed by atoms with Gasteiger partial charge in [-0.25, -0.2) is 9.97 Å². The van der Waals surface area contributed by atoms with Crippen LogP contribution >= 0.6 is 11.6 Å². The van der Waals surface area contributed by atoms with Gasteiger partial charge in [0, 0.05) is 55.9 Å². The fraction of sp³-hybridized carbons (Fsp3) is 0.286. The zero-order chi connectivity index (χ0) is 20.1. The number of nitrogens with zero attached hydrogens (tertiary/aromatic N) is 5. The second kappa shape index (κ2) is 6.86. The van der Waals surface area contributed by atoms with Crippen LogP contribution in [0.4, 0.5) is 5.69 Å². The Balaban J connectivity index is 1.58. The monoisotopic (exact) mass is 408 g/mol. The second-order valence-corrected chi connectivity index (χ2v) is 7.99. The van der Waals surface area contributed by atoms with Crippen molar-refractivity contribution in [1.29, 1.82) is 0 Å². The number of aromatic nitrogens is 4. The zero-order valence-electron chi connectivity index (χ0n) is 16.3. The number of rotatable bonds is 2. The third kappa shape index (κ3) is 3.26. The van der Waals surface area contributed by atoms with E-state index in [4.69, 9.17) is 16.6 Å². The highest BCUT2D eigenvalue weighted by Crippen LogP contribution is 2.25. The molecule has 0 bridgehead atoms. The van der Waals surface area contributed by atoms with Gasteiger partial charge in [0.05, 0.1) is 22.1 Å². The number of anilines is 1. The van der Waals surface area contributed by atoms with Crippen LogP contribution in [0, 0.1) is 6.92 Å². The summed E-state index contributed by atoms with van der Waals surface area (Å²) in [6.45, 7) is 6.84. The van der Waals surface area contributed by atoms with Crippen LogP contribution in [0.3, 0.4) is 0 Å². The summed E-state index contributed by atoms with van der Waals surface area (Å²) in [7, 11) is 0. The number of fused-ring (bicyclic) bond motifs is 2. The number of nitrogens with one attached hydrogen (secondary N) is 1. The summed E-state index contributed by atoms with van der Waals surface area (Å²) >= 11 is 6.40. The molecule has 4 aromatic heterocycles. The van der Waals surface area contributed by atoms with Crippen LogP contribution in [0.15, 0.2) is 47.7 Å². The highest BCUT2D eigenvalue weighted by molar-refractivity contribution is 6.33. The van der Waals surface area contributed by atoms with Gasteiger partial charge in [0.1, 0.15) is 5.65 Å². The molecule has 5 rings (SSSR count). The van der Waals surface area contributed by atoms with Crippen LogP contribution < -0.4 is 15.8 Å². The molecule has 0 radical (unpaired) electrons. The lowest BCUT2D eigenvalue weighted by molar-refractivity contribution is 0.484. The van der Waals surface area contributed by atoms with E-state index in [1.165, 1.54) is 0 Å². The summed E-state index contributed by atoms with van der Waals surface area (Å²) < 4.78 is 3.47. The lowest BCUT2D eigenvalue weighted by Crippen LogP contribution is -2.49. The van der Waals surface area contributed by atoms with Crippen LogP contribution in [0.2, 0.25) is 5.02 Å². The molecule has 0 saturated carbocycles. The first-order valence-corrected chi connectivity index (χ1v) is 10.0. The summed E-state index contributed by atoms with van der Waals surface area (Å²) in [5, 5.41) is 3.96. The summed E-state index contributed by atoms with van der Waals surface area (Å²) in [6, 6.07) is 7.70. The normalized spacial score (nSPS) is 17.3. The van der Waals surface area contributed by atoms with Crippen molar-refractivity contribution in [1.82, 2.24) is 24.1 Å². The highest BCUT2D eigenvalue weighted by atomic mass is 35.5. The molecular formula is C21H21ClN6O. The van der Waals surface area contributed by atoms with E-state index in [2.05, 4.69) is 22.1 Å². The smallest absolute Gasteiger partial charge is 0.258 e. The van der Waals surface area contributed by atoms with Gasteiger partial charge in [0.15, 0.2) is 5.65 Å². The third-order valence-corrected chi connectivity index (χ3v) is 5.58. The van der Waals surface area contributed by atoms with Crippen LogP contribution in [0.25, 0.3) is 22.6 Å². The van der Waals surface area contributed by atoms with Crippen molar-refractivity contribution in [2.24, 2.45) is 0 Å². The van der Waals surface area contributed by atoms with Gasteiger partial charge in [-0.15, -0.1) is 0 Å². The summed E-state index contributed by atoms with van der Waals surface area (Å²) in [4.78, 5) is 24.3. The molecule has 7 nitrogen and oxygen atoms in total. The summed E-state index contributed by atoms with van der Waals surface area (Å²) in [5.41, 5.74) is 4.46. The van der Waals surface area contributed by atoms with E-state index >= 15 is 0 Å². The summed E-state index contributed by atoms with van der Waals surface area (Å²) in [5.74, 6) is 0. The first kappa shape index (κ1) is 18.1. The highest BCUT2D eigenvalue weighted by Gasteiger charge is 2.17. The van der Waals surface area contributed by atoms with Gasteiger partial charge < -0.3 is 14.6 Å². The Kier molecular flexibility index (Phi) is 4.29. The molecule has 0 unspecified atom stereocenters. The SMILES string of the molecule is Cc1cn2cc(-c3cc(=O)n4cc(N5CCN[C@H](C)C5)ccc4n3)cc(Cl)c2n1. The minimum atomic E-state index is -0.118. The van der Waals surface area contributed by atoms with Gasteiger partial charge >= 0.3 is 0 Å². The van der Waals surface area contributed by atoms with E-state index in [1.54, 1.807) is 16.5 Å². The van der Waals surface area contributed by atoms with Crippen LogP contribution in [-0.2, 0) is 0 Å². The van der Waals surface area contributed by atoms with Crippen molar-refractivity contribution in [2.45, 2.75) is 19.9 Å². The minimum absolute atomic E-state index is 0.118. The maximum atomic E-state index is 12.9. The zero-order valence-corrected chi connectivity index (χ0v) is 17.0. The molecule has 1 atom stereocenters. The van der Waals surface area contributed by atoms with Crippen molar-refractivity contribution in [3.8, 4) is 11.3 Å². The van der Waals surface area contributed by atoms with E-state index in [0.29, 0.717) is 28.1 Å². The van der Waals surface area contributed by atoms with E-state index in [0.717, 1.165) is 36.6 Å². The molecule has 0 aromatic carbocycles. The molecule has 148 valence electrons. The van der Waals surface area contributed by atoms with Gasteiger partial charge in [0.2, 0.25) is 0 Å². The van der Waals surface area contributed by atoms with Crippen molar-refractivity contribution in [3.63, 3.8) is 0 Å². The first-order valence-electron chi connectivity index (χ1n) is 9.65. The molecule has 0 aliphatic carbocycles. The Morgan fingerprint density at radius 1 is 1.17 bits per heavy atom. The van der Waals surface area contributed by atoms with Crippen molar-refractivity contribution in [2.75, 3.05) is 24.5 Å². The first-order chi connectivity index (χ1) is 14.0. The Hall–Kier alpha value is -2.90. The van der Waals surface area contributed by atoms with E-state index in [1.807, 2.05) is 42.0 Å². The summed E-state index contributed by atoms with van der Waals surface area (Å²) in [6.07, 6.45) is 5.68. The number of hydrogen-bond acceptors (Lipinski definition) is 5. The molecule has 1 saturated heterocycles. The standard InChI is InChI=1S/C21H21ClN6O/c1-13-9-26(6-5-23-13)16-3-4-19-25-18(8-20(29)28(19)12-16)15-7-17(22)21-24-14(2)10-27(21)11-15/h3-4,7-8,10-13,23H,5-6,9H2,1-2H3/t13-/m1/s1. The number of piperazine rings is 1. The molecule has 1 fully saturated rings. The van der Waals surface area contributed by atoms with Gasteiger partial charge in [-0.2, -0.15) is 0 Å². The molecule has 8 heteroatoms. The average Bonchev–Trinajstić information content (AvgIpc) is 3.08. The quantitative estimate of drug-likeness (QED) is 0.552. The Bertz CT molecular complexity index is 1290. The molecule has 1 aliphatic heterocycles. The number of imidazole rings is 1. The lowest BCUT2D eigenvalue weighted by Gasteiger charge is -2.33. The largest absolute Gasteiger partial charge is 0.368 e. The van der Waals surface area contributed by atoms with E-state index in [-0.39, 0.29) is 5.56 Å². The van der Waals surface area contributed by atoms with Gasteiger partial charge in [-0.1, -0.05) is 11.6 Å². The molecule has 29 heavy (non-hydrogen) atoms. The molecule has 1 N–H and O–H groups in total. The van der Waals surface area contributed by atoms with Crippen molar-refractivity contribution in [3.05, 3.63) is 63.9 Å². The van der Waals surface area contributed by atoms with Gasteiger partial charge in [0.25, 0.3) is 5.56 Å². The average molecular weight is 409 g/mol. The molecule has 1 aliphatic rings. The molecule has 0 spiro atoms. The van der Waals surface area contributed by atoms with Gasteiger partial charge in [-0.3, -0.25) is 9.20 Å². The maximum absolute atomic E-state index is 12.9. The Labute approximate surface area is 172 Å². The van der Waals surface area contributed by atoms with Gasteiger partial charge in [-0.05, 0) is 32.0 Å². The van der Waals surface area contributed by atoms with E-state index < -0.39 is 0 Å². The van der Waals surface area contributed by atoms with Crippen molar-refractivity contribution >= 4 is 28.6 Å². The predicted octanol–water partition coefficient (Wildman–Crippen LogP) is 2.77. The second-order valence-electron chi connectivity index (χ2n) is 7.59. The fourth-order valence-electron chi connectivity index (χ4n) is 3.91. The molecular weight excluding hydrogens is 388 g/mol. The van der Waals surface area contributed by atoms with Crippen LogP contribution in [-0.4, -0.2) is 44.4 Å². The third-order valence-electron chi connectivity index (χ3n) is 5.30. The molecule has 4 aromatic rings. The lowest BCUT2D eigenvalue weighted by atomic mass is 10.2. The Morgan fingerprint density at radius 3 is 2.86 bits per heavy atom. The number of halogens is 1. The van der Waals surface area contributed by atoms with E-state index in [9.17, 15) is 4.79 Å². The molecule has 0 amide bonds. The Morgan fingerprint density at radius 2 is 2.03 bits per heavy atom. The number of pyridine rings is 2. The fourth-order valence-corrected chi connectivity index (χ4v) is 4.17. The van der Waals surface area contributed by atoms with Crippen LogP contribution in [0.5, 0.6) is 0 Å². The number of aryl methyl sites for hydroxylation is 1. The molecule has 5 heterocycles. The predicted molar refractivity (Wildman–Crippen MR) is 115 cm³/mol. The topological polar surface area (TPSA) is 66.9 Å². The van der Waals surface area contributed by atoms with Crippen LogP contribution in [0.1, 0.15) is 12.6 Å². The van der Waals surface area contributed by atoms with Crippen molar-refractivity contribution < 1.29 is 0 Å². The minimum Gasteiger partial charge on any atom is -0.368 e. The maximum Gasteiger partial charge on any atom is 0.258 e. The number of hydrogen-bond donors (Lipinski definition) is 1.